The number of ketones is 1. The Morgan fingerprint density at radius 2 is 2.17 bits per heavy atom. The first kappa shape index (κ1) is 17.4. The number of halogens is 1. The number of hydrogen-bond donors (Lipinski definition) is 0. The average molecular weight is 353 g/mol. The highest BCUT2D eigenvalue weighted by Crippen LogP contribution is 2.20. The van der Waals surface area contributed by atoms with E-state index in [0.29, 0.717) is 21.3 Å². The Hall–Kier alpha value is -1.92. The van der Waals surface area contributed by atoms with Crippen LogP contribution in [0.5, 0.6) is 0 Å². The van der Waals surface area contributed by atoms with Gasteiger partial charge in [-0.3, -0.25) is 9.48 Å². The number of ether oxygens (including phenoxy) is 1. The summed E-state index contributed by atoms with van der Waals surface area (Å²) < 4.78 is 6.49. The minimum Gasteiger partial charge on any atom is -0.454 e. The number of aryl methyl sites for hydroxylation is 3. The van der Waals surface area contributed by atoms with Gasteiger partial charge in [-0.1, -0.05) is 18.5 Å². The molecule has 0 aliphatic carbocycles. The van der Waals surface area contributed by atoms with Gasteiger partial charge >= 0.3 is 5.97 Å². The molecule has 2 rings (SSSR count). The minimum atomic E-state index is -0.593. The molecule has 0 saturated carbocycles. The third kappa shape index (κ3) is 4.30. The van der Waals surface area contributed by atoms with Crippen molar-refractivity contribution < 1.29 is 14.3 Å². The number of Topliss-reactive ketones (excluding diaryl/α,β-unsaturated/α-hetero) is 1. The van der Waals surface area contributed by atoms with Crippen LogP contribution in [0.15, 0.2) is 18.2 Å². The number of carbonyl (C=O) groups excluding carboxylic acids is 2. The summed E-state index contributed by atoms with van der Waals surface area (Å²) in [5.41, 5.74) is 1.37. The molecule has 0 spiro atoms. The number of carbonyl (C=O) groups is 2. The van der Waals surface area contributed by atoms with Crippen LogP contribution in [0, 0.1) is 6.92 Å². The van der Waals surface area contributed by atoms with E-state index in [2.05, 4.69) is 5.10 Å². The van der Waals surface area contributed by atoms with Crippen LogP contribution >= 0.6 is 22.9 Å². The van der Waals surface area contributed by atoms with Crippen LogP contribution in [-0.4, -0.2) is 28.1 Å². The molecule has 0 N–H and O–H groups in total. The Morgan fingerprint density at radius 3 is 2.74 bits per heavy atom. The molecule has 122 valence electrons. The Balaban J connectivity index is 1.92. The van der Waals surface area contributed by atoms with Crippen LogP contribution in [0.25, 0.3) is 6.08 Å². The Morgan fingerprint density at radius 1 is 1.43 bits per heavy atom. The Bertz CT molecular complexity index is 761. The summed E-state index contributed by atoms with van der Waals surface area (Å²) in [7, 11) is 1.72. The van der Waals surface area contributed by atoms with E-state index in [-0.39, 0.29) is 12.4 Å². The van der Waals surface area contributed by atoms with Crippen LogP contribution in [0.4, 0.5) is 0 Å². The molecule has 5 nitrogen and oxygen atoms in total. The van der Waals surface area contributed by atoms with E-state index < -0.39 is 5.97 Å². The van der Waals surface area contributed by atoms with E-state index in [0.717, 1.165) is 11.3 Å². The molecule has 23 heavy (non-hydrogen) atoms. The van der Waals surface area contributed by atoms with Crippen molar-refractivity contribution in [3.63, 3.8) is 0 Å². The van der Waals surface area contributed by atoms with Crippen molar-refractivity contribution in [3.8, 4) is 0 Å². The number of rotatable bonds is 6. The van der Waals surface area contributed by atoms with Gasteiger partial charge in [-0.15, -0.1) is 11.3 Å². The summed E-state index contributed by atoms with van der Waals surface area (Å²) in [6.45, 7) is 3.55. The van der Waals surface area contributed by atoms with E-state index in [9.17, 15) is 9.59 Å². The maximum absolute atomic E-state index is 11.9. The zero-order chi connectivity index (χ0) is 17.0. The standard InChI is InChI=1S/C16H17ClN2O3S/c1-4-11-5-7-14(23-11)13(20)9-22-15(21)8-6-12-10(2)18-19(3)16(12)17/h5-8H,4,9H2,1-3H3/b8-6+. The van der Waals surface area contributed by atoms with Gasteiger partial charge in [0.1, 0.15) is 5.15 Å². The SMILES string of the molecule is CCc1ccc(C(=O)COC(=O)/C=C/c2c(C)nn(C)c2Cl)s1. The molecule has 0 amide bonds. The summed E-state index contributed by atoms with van der Waals surface area (Å²) in [6, 6.07) is 3.67. The van der Waals surface area contributed by atoms with Crippen LogP contribution < -0.4 is 0 Å². The predicted molar refractivity (Wildman–Crippen MR) is 91.0 cm³/mol. The lowest BCUT2D eigenvalue weighted by molar-refractivity contribution is -0.136. The topological polar surface area (TPSA) is 61.2 Å². The number of esters is 1. The number of hydrogen-bond acceptors (Lipinski definition) is 5. The molecular formula is C16H17ClN2O3S. The van der Waals surface area contributed by atoms with Crippen molar-refractivity contribution in [2.24, 2.45) is 7.05 Å². The van der Waals surface area contributed by atoms with Crippen LogP contribution in [-0.2, 0) is 23.0 Å². The molecule has 0 saturated heterocycles. The van der Waals surface area contributed by atoms with Gasteiger partial charge in [-0.05, 0) is 31.6 Å². The highest BCUT2D eigenvalue weighted by atomic mass is 35.5. The second-order valence-electron chi connectivity index (χ2n) is 4.90. The summed E-state index contributed by atoms with van der Waals surface area (Å²) in [4.78, 5) is 25.4. The van der Waals surface area contributed by atoms with Crippen molar-refractivity contribution >= 4 is 40.8 Å². The fourth-order valence-electron chi connectivity index (χ4n) is 1.96. The molecule has 0 aliphatic rings. The molecule has 7 heteroatoms. The number of nitrogens with zero attached hydrogens (tertiary/aromatic N) is 2. The molecule has 2 aromatic heterocycles. The zero-order valence-electron chi connectivity index (χ0n) is 13.1. The fraction of sp³-hybridized carbons (Fsp3) is 0.312. The van der Waals surface area contributed by atoms with Crippen molar-refractivity contribution in [3.05, 3.63) is 44.4 Å². The van der Waals surface area contributed by atoms with Gasteiger partial charge in [0.2, 0.25) is 5.78 Å². The normalized spacial score (nSPS) is 11.1. The smallest absolute Gasteiger partial charge is 0.331 e. The quantitative estimate of drug-likeness (QED) is 0.454. The van der Waals surface area contributed by atoms with Gasteiger partial charge in [0, 0.05) is 23.6 Å². The van der Waals surface area contributed by atoms with Crippen molar-refractivity contribution in [1.82, 2.24) is 9.78 Å². The first-order chi connectivity index (χ1) is 10.9. The number of aromatic nitrogens is 2. The minimum absolute atomic E-state index is 0.202. The molecule has 0 bridgehead atoms. The van der Waals surface area contributed by atoms with Gasteiger partial charge in [0.25, 0.3) is 0 Å². The van der Waals surface area contributed by atoms with E-state index in [1.54, 1.807) is 20.0 Å². The molecule has 0 fully saturated rings. The van der Waals surface area contributed by atoms with E-state index in [1.807, 2.05) is 13.0 Å². The third-order valence-electron chi connectivity index (χ3n) is 3.21. The lowest BCUT2D eigenvalue weighted by atomic mass is 10.2. The van der Waals surface area contributed by atoms with Crippen LogP contribution in [0.2, 0.25) is 5.15 Å². The molecule has 0 atom stereocenters. The Labute approximate surface area is 143 Å². The van der Waals surface area contributed by atoms with Crippen LogP contribution in [0.3, 0.4) is 0 Å². The lowest BCUT2D eigenvalue weighted by Crippen LogP contribution is -2.11. The number of thiophene rings is 1. The predicted octanol–water partition coefficient (Wildman–Crippen LogP) is 3.45. The van der Waals surface area contributed by atoms with E-state index in [1.165, 1.54) is 28.2 Å². The third-order valence-corrected chi connectivity index (χ3v) is 4.93. The Kier molecular flexibility index (Phi) is 5.74. The summed E-state index contributed by atoms with van der Waals surface area (Å²) >= 11 is 7.49. The van der Waals surface area contributed by atoms with Crippen molar-refractivity contribution in [2.75, 3.05) is 6.61 Å². The molecule has 0 radical (unpaired) electrons. The van der Waals surface area contributed by atoms with E-state index in [4.69, 9.17) is 16.3 Å². The summed E-state index contributed by atoms with van der Waals surface area (Å²) in [5.74, 6) is -0.794. The molecule has 0 unspecified atom stereocenters. The van der Waals surface area contributed by atoms with E-state index >= 15 is 0 Å². The summed E-state index contributed by atoms with van der Waals surface area (Å²) in [6.07, 6.45) is 3.67. The molecule has 2 aromatic rings. The summed E-state index contributed by atoms with van der Waals surface area (Å²) in [5, 5.41) is 4.58. The molecule has 0 aliphatic heterocycles. The average Bonchev–Trinajstić information content (AvgIpc) is 3.09. The van der Waals surface area contributed by atoms with Crippen molar-refractivity contribution in [2.45, 2.75) is 20.3 Å². The van der Waals surface area contributed by atoms with Gasteiger partial charge in [-0.25, -0.2) is 4.79 Å². The van der Waals surface area contributed by atoms with Gasteiger partial charge < -0.3 is 4.74 Å². The molecular weight excluding hydrogens is 336 g/mol. The highest BCUT2D eigenvalue weighted by molar-refractivity contribution is 7.14. The maximum atomic E-state index is 11.9. The zero-order valence-corrected chi connectivity index (χ0v) is 14.7. The highest BCUT2D eigenvalue weighted by Gasteiger charge is 2.12. The van der Waals surface area contributed by atoms with Gasteiger partial charge in [-0.2, -0.15) is 5.10 Å². The largest absolute Gasteiger partial charge is 0.454 e. The first-order valence-corrected chi connectivity index (χ1v) is 8.27. The first-order valence-electron chi connectivity index (χ1n) is 7.08. The van der Waals surface area contributed by atoms with Gasteiger partial charge in [0.15, 0.2) is 6.61 Å². The monoisotopic (exact) mass is 352 g/mol. The van der Waals surface area contributed by atoms with Crippen molar-refractivity contribution in [1.29, 1.82) is 0 Å². The maximum Gasteiger partial charge on any atom is 0.331 e. The molecule has 2 heterocycles. The lowest BCUT2D eigenvalue weighted by Gasteiger charge is -1.99. The second-order valence-corrected chi connectivity index (χ2v) is 6.42. The van der Waals surface area contributed by atoms with Crippen LogP contribution in [0.1, 0.15) is 32.7 Å². The molecule has 0 aromatic carbocycles. The second kappa shape index (κ2) is 7.57. The van der Waals surface area contributed by atoms with Gasteiger partial charge in [0.05, 0.1) is 10.6 Å². The fourth-order valence-corrected chi connectivity index (χ4v) is 3.07.